The molecule has 1 heterocycles. The number of halogens is 2. The van der Waals surface area contributed by atoms with Crippen LogP contribution in [0, 0.1) is 5.82 Å². The van der Waals surface area contributed by atoms with Gasteiger partial charge in [-0.25, -0.2) is 4.39 Å². The normalized spacial score (nSPS) is 17.4. The topological polar surface area (TPSA) is 58.6 Å². The SMILES string of the molecule is O=C(Nc1ccc(F)c(Cl)c1)C1COCC(=O)N1Cc1ccccc1. The van der Waals surface area contributed by atoms with Crippen LogP contribution in [0.1, 0.15) is 5.56 Å². The quantitative estimate of drug-likeness (QED) is 0.909. The third-order valence-electron chi connectivity index (χ3n) is 3.88. The number of hydrogen-bond donors (Lipinski definition) is 1. The van der Waals surface area contributed by atoms with Crippen LogP contribution in [0.5, 0.6) is 0 Å². The van der Waals surface area contributed by atoms with E-state index in [1.807, 2.05) is 30.3 Å². The second kappa shape index (κ2) is 7.63. The first-order valence-electron chi connectivity index (χ1n) is 7.71. The highest BCUT2D eigenvalue weighted by atomic mass is 35.5. The molecule has 2 aromatic rings. The lowest BCUT2D eigenvalue weighted by molar-refractivity contribution is -0.154. The Kier molecular flexibility index (Phi) is 5.31. The number of anilines is 1. The minimum absolute atomic E-state index is 0.0566. The molecule has 130 valence electrons. The maximum atomic E-state index is 13.2. The van der Waals surface area contributed by atoms with Crippen LogP contribution in [0.3, 0.4) is 0 Å². The molecule has 1 unspecified atom stereocenters. The fourth-order valence-corrected chi connectivity index (χ4v) is 2.78. The van der Waals surface area contributed by atoms with Gasteiger partial charge in [0.15, 0.2) is 0 Å². The van der Waals surface area contributed by atoms with E-state index in [0.717, 1.165) is 5.56 Å². The van der Waals surface area contributed by atoms with Crippen molar-refractivity contribution < 1.29 is 18.7 Å². The van der Waals surface area contributed by atoms with Crippen LogP contribution < -0.4 is 5.32 Å². The molecular formula is C18H16ClFN2O3. The number of carbonyl (C=O) groups is 2. The van der Waals surface area contributed by atoms with Crippen LogP contribution in [0.2, 0.25) is 5.02 Å². The maximum Gasteiger partial charge on any atom is 0.249 e. The Balaban J connectivity index is 1.76. The summed E-state index contributed by atoms with van der Waals surface area (Å²) in [5.41, 5.74) is 1.27. The highest BCUT2D eigenvalue weighted by Gasteiger charge is 2.34. The van der Waals surface area contributed by atoms with E-state index in [2.05, 4.69) is 5.32 Å². The molecule has 2 aromatic carbocycles. The van der Waals surface area contributed by atoms with Crippen molar-refractivity contribution in [2.24, 2.45) is 0 Å². The van der Waals surface area contributed by atoms with Crippen molar-refractivity contribution in [3.05, 3.63) is 64.9 Å². The van der Waals surface area contributed by atoms with Gasteiger partial charge in [0.1, 0.15) is 18.5 Å². The molecule has 0 aliphatic carbocycles. The zero-order chi connectivity index (χ0) is 17.8. The molecule has 25 heavy (non-hydrogen) atoms. The number of amides is 2. The molecule has 0 spiro atoms. The van der Waals surface area contributed by atoms with Crippen LogP contribution in [0.25, 0.3) is 0 Å². The van der Waals surface area contributed by atoms with Gasteiger partial charge in [-0.2, -0.15) is 0 Å². The smallest absolute Gasteiger partial charge is 0.249 e. The summed E-state index contributed by atoms with van der Waals surface area (Å²) >= 11 is 5.73. The molecule has 1 aliphatic rings. The van der Waals surface area contributed by atoms with Gasteiger partial charge < -0.3 is 15.0 Å². The monoisotopic (exact) mass is 362 g/mol. The molecule has 0 radical (unpaired) electrons. The van der Waals surface area contributed by atoms with Crippen molar-refractivity contribution in [3.8, 4) is 0 Å². The van der Waals surface area contributed by atoms with E-state index in [9.17, 15) is 14.0 Å². The fourth-order valence-electron chi connectivity index (χ4n) is 2.60. The molecule has 0 saturated carbocycles. The van der Waals surface area contributed by atoms with Gasteiger partial charge in [-0.1, -0.05) is 41.9 Å². The third-order valence-corrected chi connectivity index (χ3v) is 4.17. The van der Waals surface area contributed by atoms with Crippen LogP contribution in [0.15, 0.2) is 48.5 Å². The first kappa shape index (κ1) is 17.4. The predicted molar refractivity (Wildman–Crippen MR) is 91.6 cm³/mol. The summed E-state index contributed by atoms with van der Waals surface area (Å²) in [4.78, 5) is 26.3. The van der Waals surface area contributed by atoms with Crippen molar-refractivity contribution >= 4 is 29.1 Å². The maximum absolute atomic E-state index is 13.2. The second-order valence-corrected chi connectivity index (χ2v) is 6.06. The molecule has 1 N–H and O–H groups in total. The highest BCUT2D eigenvalue weighted by Crippen LogP contribution is 2.21. The highest BCUT2D eigenvalue weighted by molar-refractivity contribution is 6.31. The minimum Gasteiger partial charge on any atom is -0.369 e. The van der Waals surface area contributed by atoms with Crippen molar-refractivity contribution in [1.29, 1.82) is 0 Å². The van der Waals surface area contributed by atoms with Gasteiger partial charge in [0.2, 0.25) is 11.8 Å². The number of nitrogens with zero attached hydrogens (tertiary/aromatic N) is 1. The number of ether oxygens (including phenoxy) is 1. The number of carbonyl (C=O) groups excluding carboxylic acids is 2. The largest absolute Gasteiger partial charge is 0.369 e. The minimum atomic E-state index is -0.773. The van der Waals surface area contributed by atoms with E-state index in [1.165, 1.54) is 23.1 Å². The van der Waals surface area contributed by atoms with Gasteiger partial charge in [0, 0.05) is 12.2 Å². The molecular weight excluding hydrogens is 347 g/mol. The Morgan fingerprint density at radius 1 is 1.28 bits per heavy atom. The Hall–Kier alpha value is -2.44. The van der Waals surface area contributed by atoms with Crippen molar-refractivity contribution in [2.75, 3.05) is 18.5 Å². The molecule has 1 atom stereocenters. The van der Waals surface area contributed by atoms with E-state index in [0.29, 0.717) is 12.2 Å². The van der Waals surface area contributed by atoms with Gasteiger partial charge >= 0.3 is 0 Å². The van der Waals surface area contributed by atoms with E-state index >= 15 is 0 Å². The third kappa shape index (κ3) is 4.15. The van der Waals surface area contributed by atoms with E-state index in [-0.39, 0.29) is 24.1 Å². The van der Waals surface area contributed by atoms with E-state index in [1.54, 1.807) is 0 Å². The molecule has 0 bridgehead atoms. The second-order valence-electron chi connectivity index (χ2n) is 5.66. The fraction of sp³-hybridized carbons (Fsp3) is 0.222. The van der Waals surface area contributed by atoms with Gasteiger partial charge in [-0.15, -0.1) is 0 Å². The number of morpholine rings is 1. The predicted octanol–water partition coefficient (Wildman–Crippen LogP) is 2.85. The first-order valence-corrected chi connectivity index (χ1v) is 8.09. The van der Waals surface area contributed by atoms with Crippen molar-refractivity contribution in [1.82, 2.24) is 4.90 Å². The Morgan fingerprint density at radius 3 is 2.76 bits per heavy atom. The molecule has 1 fully saturated rings. The molecule has 1 aliphatic heterocycles. The molecule has 5 nitrogen and oxygen atoms in total. The number of nitrogens with one attached hydrogen (secondary N) is 1. The van der Waals surface area contributed by atoms with Crippen LogP contribution in [0.4, 0.5) is 10.1 Å². The molecule has 1 saturated heterocycles. The van der Waals surface area contributed by atoms with Gasteiger partial charge in [0.05, 0.1) is 11.6 Å². The summed E-state index contributed by atoms with van der Waals surface area (Å²) < 4.78 is 18.5. The van der Waals surface area contributed by atoms with Gasteiger partial charge in [-0.3, -0.25) is 9.59 Å². The zero-order valence-corrected chi connectivity index (χ0v) is 14.0. The lowest BCUT2D eigenvalue weighted by atomic mass is 10.1. The summed E-state index contributed by atoms with van der Waals surface area (Å²) in [5.74, 6) is -1.24. The summed E-state index contributed by atoms with van der Waals surface area (Å²) in [6.07, 6.45) is 0. The number of hydrogen-bond acceptors (Lipinski definition) is 3. The Bertz CT molecular complexity index is 785. The Morgan fingerprint density at radius 2 is 2.04 bits per heavy atom. The molecule has 7 heteroatoms. The number of rotatable bonds is 4. The van der Waals surface area contributed by atoms with Crippen molar-refractivity contribution in [2.45, 2.75) is 12.6 Å². The van der Waals surface area contributed by atoms with Gasteiger partial charge in [0.25, 0.3) is 0 Å². The van der Waals surface area contributed by atoms with Crippen LogP contribution in [-0.2, 0) is 20.9 Å². The van der Waals surface area contributed by atoms with Crippen LogP contribution in [-0.4, -0.2) is 36.0 Å². The molecule has 3 rings (SSSR count). The molecule has 2 amide bonds. The van der Waals surface area contributed by atoms with Gasteiger partial charge in [-0.05, 0) is 23.8 Å². The lowest BCUT2D eigenvalue weighted by Gasteiger charge is -2.34. The Labute approximate surface area is 149 Å². The summed E-state index contributed by atoms with van der Waals surface area (Å²) in [7, 11) is 0. The number of benzene rings is 2. The first-order chi connectivity index (χ1) is 12.0. The van der Waals surface area contributed by atoms with E-state index < -0.39 is 17.8 Å². The lowest BCUT2D eigenvalue weighted by Crippen LogP contribution is -2.54. The summed E-state index contributed by atoms with van der Waals surface area (Å²) in [6, 6.07) is 12.5. The summed E-state index contributed by atoms with van der Waals surface area (Å²) in [6.45, 7) is 0.351. The standard InChI is InChI=1S/C18H16ClFN2O3/c19-14-8-13(6-7-15(14)20)21-18(24)16-10-25-11-17(23)22(16)9-12-4-2-1-3-5-12/h1-8,16H,9-11H2,(H,21,24). The summed E-state index contributed by atoms with van der Waals surface area (Å²) in [5, 5.41) is 2.56. The average molecular weight is 363 g/mol. The average Bonchev–Trinajstić information content (AvgIpc) is 2.61. The van der Waals surface area contributed by atoms with E-state index in [4.69, 9.17) is 16.3 Å². The van der Waals surface area contributed by atoms with Crippen molar-refractivity contribution in [3.63, 3.8) is 0 Å². The molecule has 0 aromatic heterocycles. The van der Waals surface area contributed by atoms with Crippen LogP contribution >= 0.6 is 11.6 Å². The zero-order valence-electron chi connectivity index (χ0n) is 13.2.